The third kappa shape index (κ3) is 4.37. The number of nitrogen functional groups attached to an aromatic ring is 1. The van der Waals surface area contributed by atoms with Crippen LogP contribution in [0.4, 0.5) is 10.1 Å². The Hall–Kier alpha value is -4.08. The summed E-state index contributed by atoms with van der Waals surface area (Å²) >= 11 is 6.53. The molecule has 1 aliphatic rings. The van der Waals surface area contributed by atoms with E-state index in [0.29, 0.717) is 50.3 Å². The Balaban J connectivity index is 1.58. The molecule has 3 N–H and O–H groups in total. The highest BCUT2D eigenvalue weighted by Gasteiger charge is 2.24. The summed E-state index contributed by atoms with van der Waals surface area (Å²) in [6, 6.07) is 13.1. The molecule has 2 aromatic heterocycles. The summed E-state index contributed by atoms with van der Waals surface area (Å²) in [5, 5.41) is 16.6. The molecule has 6 rings (SSSR count). The lowest BCUT2D eigenvalue weighted by molar-refractivity contribution is -0.0390. The van der Waals surface area contributed by atoms with Crippen LogP contribution in [-0.2, 0) is 11.3 Å². The number of ether oxygens (including phenoxy) is 2. The quantitative estimate of drug-likeness (QED) is 0.285. The zero-order chi connectivity index (χ0) is 27.3. The van der Waals surface area contributed by atoms with Crippen LogP contribution in [0.5, 0.6) is 11.5 Å². The van der Waals surface area contributed by atoms with Crippen molar-refractivity contribution in [3.8, 4) is 22.6 Å². The van der Waals surface area contributed by atoms with Crippen LogP contribution in [-0.4, -0.2) is 33.2 Å². The van der Waals surface area contributed by atoms with Crippen molar-refractivity contribution in [3.63, 3.8) is 0 Å². The van der Waals surface area contributed by atoms with Crippen molar-refractivity contribution in [1.29, 1.82) is 0 Å². The van der Waals surface area contributed by atoms with Gasteiger partial charge in [-0.3, -0.25) is 4.79 Å². The Morgan fingerprint density at radius 3 is 2.69 bits per heavy atom. The minimum Gasteiger partial charge on any atom is -0.505 e. The van der Waals surface area contributed by atoms with Gasteiger partial charge in [-0.2, -0.15) is 5.10 Å². The van der Waals surface area contributed by atoms with Crippen LogP contribution in [0.15, 0.2) is 59.5 Å². The molecule has 0 spiro atoms. The molecule has 39 heavy (non-hydrogen) atoms. The number of fused-ring (bicyclic) bond motifs is 2. The zero-order valence-electron chi connectivity index (χ0n) is 21.2. The summed E-state index contributed by atoms with van der Waals surface area (Å²) < 4.78 is 29.0. The molecule has 200 valence electrons. The Bertz CT molecular complexity index is 1780. The fourth-order valence-electron chi connectivity index (χ4n) is 5.23. The van der Waals surface area contributed by atoms with Crippen LogP contribution in [0.3, 0.4) is 0 Å². The number of rotatable bonds is 5. The standard InChI is InChI=1S/C29H26ClFN4O4/c1-38-17-7-5-16(6-8-17)14-34-23-13-22(31)24(36)12-19(23)26(27(32)29(34)37)18-9-10-21(30)28-20(18)15-35(33-28)25-4-2-3-11-39-25/h5-10,12-13,15,25,36H,2-4,11,14,32H2,1H3. The highest BCUT2D eigenvalue weighted by atomic mass is 35.5. The second-order valence-electron chi connectivity index (χ2n) is 9.64. The number of halogens is 2. The average molecular weight is 549 g/mol. The van der Waals surface area contributed by atoms with Crippen LogP contribution < -0.4 is 16.0 Å². The monoisotopic (exact) mass is 548 g/mol. The van der Waals surface area contributed by atoms with Crippen molar-refractivity contribution in [1.82, 2.24) is 14.3 Å². The van der Waals surface area contributed by atoms with Crippen molar-refractivity contribution >= 4 is 39.1 Å². The minimum absolute atomic E-state index is 0.0349. The smallest absolute Gasteiger partial charge is 0.275 e. The molecule has 8 nitrogen and oxygen atoms in total. The first kappa shape index (κ1) is 25.2. The number of aromatic hydroxyl groups is 1. The summed E-state index contributed by atoms with van der Waals surface area (Å²) in [7, 11) is 1.57. The largest absolute Gasteiger partial charge is 0.505 e. The lowest BCUT2D eigenvalue weighted by atomic mass is 9.96. The molecular weight excluding hydrogens is 523 g/mol. The van der Waals surface area contributed by atoms with Crippen LogP contribution in [0.2, 0.25) is 5.02 Å². The van der Waals surface area contributed by atoms with Gasteiger partial charge in [0.2, 0.25) is 0 Å². The highest BCUT2D eigenvalue weighted by Crippen LogP contribution is 2.40. The molecule has 5 aromatic rings. The predicted octanol–water partition coefficient (Wildman–Crippen LogP) is 5.85. The molecule has 1 unspecified atom stereocenters. The van der Waals surface area contributed by atoms with Gasteiger partial charge < -0.3 is 24.9 Å². The fourth-order valence-corrected chi connectivity index (χ4v) is 5.43. The Morgan fingerprint density at radius 2 is 1.97 bits per heavy atom. The Labute approximate surface area is 227 Å². The number of hydrogen-bond donors (Lipinski definition) is 2. The zero-order valence-corrected chi connectivity index (χ0v) is 21.9. The molecular formula is C29H26ClFN4O4. The number of pyridine rings is 1. The average Bonchev–Trinajstić information content (AvgIpc) is 3.41. The van der Waals surface area contributed by atoms with E-state index in [-0.39, 0.29) is 18.5 Å². The van der Waals surface area contributed by atoms with E-state index < -0.39 is 17.1 Å². The number of phenolic OH excluding ortho intramolecular Hbond substituents is 1. The van der Waals surface area contributed by atoms with E-state index in [0.717, 1.165) is 30.9 Å². The number of benzene rings is 3. The Kier molecular flexibility index (Phi) is 6.40. The molecule has 10 heteroatoms. The van der Waals surface area contributed by atoms with Gasteiger partial charge in [0.15, 0.2) is 11.6 Å². The van der Waals surface area contributed by atoms with Crippen LogP contribution in [0, 0.1) is 5.82 Å². The van der Waals surface area contributed by atoms with E-state index in [9.17, 15) is 14.3 Å². The van der Waals surface area contributed by atoms with Gasteiger partial charge in [0.1, 0.15) is 23.2 Å². The van der Waals surface area contributed by atoms with Crippen molar-refractivity contribution in [2.75, 3.05) is 19.5 Å². The molecule has 0 bridgehead atoms. The van der Waals surface area contributed by atoms with Crippen molar-refractivity contribution in [2.45, 2.75) is 32.0 Å². The predicted molar refractivity (Wildman–Crippen MR) is 149 cm³/mol. The van der Waals surface area contributed by atoms with Crippen LogP contribution in [0.1, 0.15) is 31.1 Å². The molecule has 3 aromatic carbocycles. The summed E-state index contributed by atoms with van der Waals surface area (Å²) in [5.41, 5.74) is 8.61. The van der Waals surface area contributed by atoms with Gasteiger partial charge in [-0.15, -0.1) is 0 Å². The van der Waals surface area contributed by atoms with E-state index in [2.05, 4.69) is 5.10 Å². The molecule has 1 saturated heterocycles. The maximum Gasteiger partial charge on any atom is 0.275 e. The maximum atomic E-state index is 14.7. The van der Waals surface area contributed by atoms with E-state index >= 15 is 0 Å². The third-order valence-electron chi connectivity index (χ3n) is 7.23. The van der Waals surface area contributed by atoms with Gasteiger partial charge in [-0.05, 0) is 54.7 Å². The van der Waals surface area contributed by atoms with Gasteiger partial charge in [0.05, 0.1) is 24.2 Å². The van der Waals surface area contributed by atoms with Crippen LogP contribution >= 0.6 is 11.6 Å². The molecule has 1 aliphatic heterocycles. The van der Waals surface area contributed by atoms with E-state index in [1.54, 1.807) is 36.1 Å². The lowest BCUT2D eigenvalue weighted by Crippen LogP contribution is -2.25. The normalized spacial score (nSPS) is 15.7. The molecule has 0 aliphatic carbocycles. The number of methoxy groups -OCH3 is 1. The van der Waals surface area contributed by atoms with E-state index in [1.165, 1.54) is 10.6 Å². The topological polar surface area (TPSA) is 105 Å². The molecule has 0 radical (unpaired) electrons. The summed E-state index contributed by atoms with van der Waals surface area (Å²) in [4.78, 5) is 13.7. The van der Waals surface area contributed by atoms with Gasteiger partial charge >= 0.3 is 0 Å². The Morgan fingerprint density at radius 1 is 1.18 bits per heavy atom. The number of nitrogens with zero attached hydrogens (tertiary/aromatic N) is 3. The second kappa shape index (κ2) is 9.91. The van der Waals surface area contributed by atoms with Gasteiger partial charge in [-0.25, -0.2) is 9.07 Å². The number of aromatic nitrogens is 3. The lowest BCUT2D eigenvalue weighted by Gasteiger charge is -2.22. The van der Waals surface area contributed by atoms with Gasteiger partial charge in [0.25, 0.3) is 5.56 Å². The molecule has 0 saturated carbocycles. The first-order chi connectivity index (χ1) is 18.9. The SMILES string of the molecule is COc1ccc(Cn2c(=O)c(N)c(-c3ccc(Cl)c4nn(C5CCCCO5)cc34)c3cc(O)c(F)cc32)cc1. The summed E-state index contributed by atoms with van der Waals surface area (Å²) in [6.07, 6.45) is 4.46. The maximum absolute atomic E-state index is 14.7. The number of phenols is 1. The summed E-state index contributed by atoms with van der Waals surface area (Å²) in [5.74, 6) is -0.716. The van der Waals surface area contributed by atoms with E-state index in [1.807, 2.05) is 18.3 Å². The minimum atomic E-state index is -0.843. The third-order valence-corrected chi connectivity index (χ3v) is 7.54. The molecule has 1 atom stereocenters. The van der Waals surface area contributed by atoms with Crippen molar-refractivity contribution < 1.29 is 19.0 Å². The van der Waals surface area contributed by atoms with Gasteiger partial charge in [0, 0.05) is 35.2 Å². The molecule has 0 amide bonds. The van der Waals surface area contributed by atoms with Gasteiger partial charge in [-0.1, -0.05) is 29.8 Å². The number of nitrogens with two attached hydrogens (primary N) is 1. The van der Waals surface area contributed by atoms with E-state index in [4.69, 9.17) is 26.8 Å². The molecule has 1 fully saturated rings. The highest BCUT2D eigenvalue weighted by molar-refractivity contribution is 6.35. The number of hydrogen-bond acceptors (Lipinski definition) is 6. The second-order valence-corrected chi connectivity index (χ2v) is 10.0. The first-order valence-corrected chi connectivity index (χ1v) is 13.0. The van der Waals surface area contributed by atoms with Crippen LogP contribution in [0.25, 0.3) is 32.9 Å². The molecule has 3 heterocycles. The van der Waals surface area contributed by atoms with Crippen molar-refractivity contribution in [2.24, 2.45) is 0 Å². The first-order valence-electron chi connectivity index (χ1n) is 12.6. The van der Waals surface area contributed by atoms with Crippen molar-refractivity contribution in [3.05, 3.63) is 81.5 Å². The number of anilines is 1. The summed E-state index contributed by atoms with van der Waals surface area (Å²) in [6.45, 7) is 0.789. The fraction of sp³-hybridized carbons (Fsp3) is 0.241.